The van der Waals surface area contributed by atoms with Gasteiger partial charge in [-0.1, -0.05) is 60.7 Å². The average molecular weight is 235 g/mol. The number of hydrogen-bond donors (Lipinski definition) is 1. The number of para-hydroxylation sites is 1. The molecule has 0 bridgehead atoms. The minimum Gasteiger partial charge on any atom is -0.325 e. The topological polar surface area (TPSA) is 29.1 Å². The highest BCUT2D eigenvalue weighted by Gasteiger charge is 2.27. The summed E-state index contributed by atoms with van der Waals surface area (Å²) in [6.45, 7) is 0. The van der Waals surface area contributed by atoms with Gasteiger partial charge in [-0.25, -0.2) is 0 Å². The summed E-state index contributed by atoms with van der Waals surface area (Å²) in [6.07, 6.45) is 3.95. The van der Waals surface area contributed by atoms with Crippen LogP contribution >= 0.6 is 0 Å². The van der Waals surface area contributed by atoms with E-state index in [0.717, 1.165) is 16.8 Å². The number of benzene rings is 2. The van der Waals surface area contributed by atoms with Gasteiger partial charge in [-0.05, 0) is 17.2 Å². The van der Waals surface area contributed by atoms with Crippen molar-refractivity contribution in [2.24, 2.45) is 0 Å². The molecule has 2 nitrogen and oxygen atoms in total. The van der Waals surface area contributed by atoms with Gasteiger partial charge in [-0.2, -0.15) is 0 Å². The van der Waals surface area contributed by atoms with Crippen LogP contribution in [0.2, 0.25) is 0 Å². The van der Waals surface area contributed by atoms with Gasteiger partial charge < -0.3 is 5.32 Å². The third-order valence-electron chi connectivity index (χ3n) is 3.12. The fourth-order valence-electron chi connectivity index (χ4n) is 2.20. The molecule has 0 fully saturated rings. The highest BCUT2D eigenvalue weighted by atomic mass is 16.2. The third-order valence-corrected chi connectivity index (χ3v) is 3.12. The lowest BCUT2D eigenvalue weighted by atomic mass is 9.99. The molecular formula is C16H13NO. The van der Waals surface area contributed by atoms with Crippen molar-refractivity contribution in [1.82, 2.24) is 0 Å². The maximum atomic E-state index is 11.9. The molecule has 0 saturated heterocycles. The Morgan fingerprint density at radius 1 is 0.944 bits per heavy atom. The molecule has 0 saturated carbocycles. The molecule has 2 heteroatoms. The Labute approximate surface area is 106 Å². The molecule has 18 heavy (non-hydrogen) atoms. The SMILES string of the molecule is O=C1Nc2ccccc2C1/C=C/c1ccccc1. The quantitative estimate of drug-likeness (QED) is 0.848. The zero-order chi connectivity index (χ0) is 12.4. The number of hydrogen-bond acceptors (Lipinski definition) is 1. The Morgan fingerprint density at radius 3 is 2.50 bits per heavy atom. The lowest BCUT2D eigenvalue weighted by Crippen LogP contribution is -2.09. The van der Waals surface area contributed by atoms with E-state index >= 15 is 0 Å². The van der Waals surface area contributed by atoms with Crippen molar-refractivity contribution >= 4 is 17.7 Å². The molecule has 0 radical (unpaired) electrons. The lowest BCUT2D eigenvalue weighted by Gasteiger charge is -2.01. The summed E-state index contributed by atoms with van der Waals surface area (Å²) in [5.74, 6) is -0.134. The molecule has 0 aromatic heterocycles. The Morgan fingerprint density at radius 2 is 1.67 bits per heavy atom. The van der Waals surface area contributed by atoms with Crippen LogP contribution in [0.5, 0.6) is 0 Å². The number of fused-ring (bicyclic) bond motifs is 1. The number of nitrogens with one attached hydrogen (secondary N) is 1. The van der Waals surface area contributed by atoms with Crippen molar-refractivity contribution in [3.63, 3.8) is 0 Å². The molecule has 1 aliphatic rings. The standard InChI is InChI=1S/C16H13NO/c18-16-14(11-10-12-6-2-1-3-7-12)13-8-4-5-9-15(13)17-16/h1-11,14H,(H,17,18)/b11-10+. The monoisotopic (exact) mass is 235 g/mol. The molecule has 1 N–H and O–H groups in total. The van der Waals surface area contributed by atoms with E-state index in [4.69, 9.17) is 0 Å². The van der Waals surface area contributed by atoms with Crippen molar-refractivity contribution in [2.75, 3.05) is 5.32 Å². The van der Waals surface area contributed by atoms with Gasteiger partial charge in [0.15, 0.2) is 0 Å². The molecule has 1 atom stereocenters. The van der Waals surface area contributed by atoms with Crippen molar-refractivity contribution in [1.29, 1.82) is 0 Å². The van der Waals surface area contributed by atoms with Crippen LogP contribution in [-0.4, -0.2) is 5.91 Å². The molecule has 1 unspecified atom stereocenters. The van der Waals surface area contributed by atoms with Gasteiger partial charge in [0.25, 0.3) is 0 Å². The Bertz CT molecular complexity index is 602. The number of carbonyl (C=O) groups is 1. The largest absolute Gasteiger partial charge is 0.325 e. The summed E-state index contributed by atoms with van der Waals surface area (Å²) in [5.41, 5.74) is 3.08. The fourth-order valence-corrected chi connectivity index (χ4v) is 2.20. The van der Waals surface area contributed by atoms with E-state index in [0.29, 0.717) is 0 Å². The van der Waals surface area contributed by atoms with E-state index in [1.165, 1.54) is 0 Å². The van der Waals surface area contributed by atoms with Gasteiger partial charge in [-0.3, -0.25) is 4.79 Å². The van der Waals surface area contributed by atoms with E-state index < -0.39 is 0 Å². The summed E-state index contributed by atoms with van der Waals surface area (Å²) in [6, 6.07) is 17.8. The van der Waals surface area contributed by atoms with E-state index in [2.05, 4.69) is 5.32 Å². The molecule has 1 amide bonds. The van der Waals surface area contributed by atoms with Crippen molar-refractivity contribution in [3.05, 3.63) is 71.8 Å². The molecule has 1 heterocycles. The average Bonchev–Trinajstić information content (AvgIpc) is 2.73. The smallest absolute Gasteiger partial charge is 0.235 e. The summed E-state index contributed by atoms with van der Waals surface area (Å²) in [5, 5.41) is 2.89. The van der Waals surface area contributed by atoms with E-state index in [1.54, 1.807) is 0 Å². The summed E-state index contributed by atoms with van der Waals surface area (Å²) < 4.78 is 0. The van der Waals surface area contributed by atoms with Crippen molar-refractivity contribution in [2.45, 2.75) is 5.92 Å². The first-order chi connectivity index (χ1) is 8.84. The minimum atomic E-state index is -0.179. The fraction of sp³-hybridized carbons (Fsp3) is 0.0625. The van der Waals surface area contributed by atoms with Crippen LogP contribution in [0.15, 0.2) is 60.7 Å². The van der Waals surface area contributed by atoms with Crippen LogP contribution in [0.1, 0.15) is 17.0 Å². The highest BCUT2D eigenvalue weighted by Crippen LogP contribution is 2.33. The second-order valence-corrected chi connectivity index (χ2v) is 4.32. The lowest BCUT2D eigenvalue weighted by molar-refractivity contribution is -0.116. The van der Waals surface area contributed by atoms with Crippen molar-refractivity contribution in [3.8, 4) is 0 Å². The number of amides is 1. The van der Waals surface area contributed by atoms with Gasteiger partial charge in [0.05, 0.1) is 5.92 Å². The van der Waals surface area contributed by atoms with Gasteiger partial charge in [-0.15, -0.1) is 0 Å². The molecule has 2 aromatic rings. The second kappa shape index (κ2) is 4.49. The van der Waals surface area contributed by atoms with Crippen LogP contribution < -0.4 is 5.32 Å². The summed E-state index contributed by atoms with van der Waals surface area (Å²) in [7, 11) is 0. The molecule has 1 aliphatic heterocycles. The Hall–Kier alpha value is -2.35. The zero-order valence-electron chi connectivity index (χ0n) is 9.84. The molecule has 0 aliphatic carbocycles. The molecule has 88 valence electrons. The molecular weight excluding hydrogens is 222 g/mol. The van der Waals surface area contributed by atoms with Crippen LogP contribution in [0, 0.1) is 0 Å². The summed E-state index contributed by atoms with van der Waals surface area (Å²) >= 11 is 0. The molecule has 3 rings (SSSR count). The van der Waals surface area contributed by atoms with Crippen LogP contribution in [-0.2, 0) is 4.79 Å². The van der Waals surface area contributed by atoms with Gasteiger partial charge in [0, 0.05) is 5.69 Å². The minimum absolute atomic E-state index is 0.0448. The van der Waals surface area contributed by atoms with Crippen LogP contribution in [0.4, 0.5) is 5.69 Å². The van der Waals surface area contributed by atoms with Gasteiger partial charge >= 0.3 is 0 Å². The van der Waals surface area contributed by atoms with Crippen LogP contribution in [0.3, 0.4) is 0 Å². The van der Waals surface area contributed by atoms with Crippen molar-refractivity contribution < 1.29 is 4.79 Å². The number of anilines is 1. The Balaban J connectivity index is 1.90. The van der Waals surface area contributed by atoms with E-state index in [9.17, 15) is 4.79 Å². The first kappa shape index (κ1) is 10.8. The normalized spacial score (nSPS) is 17.8. The van der Waals surface area contributed by atoms with Crippen LogP contribution in [0.25, 0.3) is 6.08 Å². The predicted octanol–water partition coefficient (Wildman–Crippen LogP) is 3.44. The first-order valence-electron chi connectivity index (χ1n) is 5.97. The van der Waals surface area contributed by atoms with E-state index in [1.807, 2.05) is 66.7 Å². The highest BCUT2D eigenvalue weighted by molar-refractivity contribution is 6.04. The Kier molecular flexibility index (Phi) is 2.69. The third kappa shape index (κ3) is 1.93. The summed E-state index contributed by atoms with van der Waals surface area (Å²) in [4.78, 5) is 11.9. The predicted molar refractivity (Wildman–Crippen MR) is 73.3 cm³/mol. The van der Waals surface area contributed by atoms with E-state index in [-0.39, 0.29) is 11.8 Å². The first-order valence-corrected chi connectivity index (χ1v) is 5.97. The number of rotatable bonds is 2. The maximum absolute atomic E-state index is 11.9. The second-order valence-electron chi connectivity index (χ2n) is 4.32. The molecule has 2 aromatic carbocycles. The maximum Gasteiger partial charge on any atom is 0.235 e. The zero-order valence-corrected chi connectivity index (χ0v) is 9.84. The molecule has 0 spiro atoms. The number of carbonyl (C=O) groups excluding carboxylic acids is 1. The van der Waals surface area contributed by atoms with Gasteiger partial charge in [0.2, 0.25) is 5.91 Å². The van der Waals surface area contributed by atoms with Gasteiger partial charge in [0.1, 0.15) is 0 Å².